The minimum atomic E-state index is 0.657. The summed E-state index contributed by atoms with van der Waals surface area (Å²) in [5, 5.41) is 3.57. The van der Waals surface area contributed by atoms with Crippen LogP contribution in [-0.2, 0) is 4.79 Å². The lowest BCUT2D eigenvalue weighted by atomic mass is 10.2. The molecular weight excluding hydrogens is 300 g/mol. The number of hydrogen-bond donors (Lipinski definition) is 1. The number of rotatable bonds is 7. The topological polar surface area (TPSA) is 38.8 Å². The Balaban J connectivity index is 2.52. The van der Waals surface area contributed by atoms with Gasteiger partial charge in [-0.25, -0.2) is 0 Å². The molecule has 1 fully saturated rings. The predicted octanol–water partition coefficient (Wildman–Crippen LogP) is 1.68. The minimum absolute atomic E-state index is 0.657. The summed E-state index contributed by atoms with van der Waals surface area (Å²) in [7, 11) is 0. The van der Waals surface area contributed by atoms with Gasteiger partial charge in [0, 0.05) is 39.1 Å². The highest BCUT2D eigenvalue weighted by Gasteiger charge is 2.11. The van der Waals surface area contributed by atoms with Gasteiger partial charge in [-0.2, -0.15) is 0 Å². The summed E-state index contributed by atoms with van der Waals surface area (Å²) in [4.78, 5) is 18.4. The molecule has 1 aliphatic heterocycles. The first kappa shape index (κ1) is 21.6. The Kier molecular flexibility index (Phi) is 13.3. The molecule has 1 heterocycles. The van der Waals surface area contributed by atoms with E-state index in [9.17, 15) is 4.79 Å². The summed E-state index contributed by atoms with van der Waals surface area (Å²) < 4.78 is 0. The lowest BCUT2D eigenvalue weighted by Gasteiger charge is -2.29. The number of carbonyl (C=O) groups excluding carboxylic acids is 1. The molecule has 0 atom stereocenters. The number of aldehydes is 1. The number of carbonyl (C=O) groups is 1. The van der Waals surface area contributed by atoms with E-state index in [1.54, 1.807) is 0 Å². The first-order valence-electron chi connectivity index (χ1n) is 10.1. The van der Waals surface area contributed by atoms with E-state index < -0.39 is 0 Å². The second-order valence-corrected chi connectivity index (χ2v) is 6.94. The molecule has 0 amide bonds. The van der Waals surface area contributed by atoms with Gasteiger partial charge in [0.1, 0.15) is 6.29 Å². The van der Waals surface area contributed by atoms with Gasteiger partial charge < -0.3 is 24.8 Å². The van der Waals surface area contributed by atoms with Crippen molar-refractivity contribution >= 4 is 6.29 Å². The third-order valence-electron chi connectivity index (χ3n) is 4.76. The van der Waals surface area contributed by atoms with Crippen LogP contribution in [-0.4, -0.2) is 93.0 Å². The third kappa shape index (κ3) is 10.4. The molecule has 5 nitrogen and oxygen atoms in total. The van der Waals surface area contributed by atoms with Crippen LogP contribution < -0.4 is 5.32 Å². The van der Waals surface area contributed by atoms with Crippen LogP contribution in [0.25, 0.3) is 0 Å². The van der Waals surface area contributed by atoms with Gasteiger partial charge in [-0.15, -0.1) is 0 Å². The Morgan fingerprint density at radius 3 is 1.92 bits per heavy atom. The number of nitrogens with zero attached hydrogens (tertiary/aromatic N) is 3. The Morgan fingerprint density at radius 2 is 1.33 bits per heavy atom. The fraction of sp³-hybridized carbons (Fsp3) is 0.947. The average Bonchev–Trinajstić information content (AvgIpc) is 2.58. The van der Waals surface area contributed by atoms with E-state index in [-0.39, 0.29) is 0 Å². The second kappa shape index (κ2) is 14.8. The van der Waals surface area contributed by atoms with E-state index in [4.69, 9.17) is 0 Å². The molecule has 0 aromatic carbocycles. The molecule has 0 aromatic rings. The molecule has 0 bridgehead atoms. The molecule has 0 saturated carbocycles. The lowest BCUT2D eigenvalue weighted by Crippen LogP contribution is -2.40. The van der Waals surface area contributed by atoms with Gasteiger partial charge >= 0.3 is 0 Å². The van der Waals surface area contributed by atoms with Crippen LogP contribution in [0.5, 0.6) is 0 Å². The van der Waals surface area contributed by atoms with Crippen molar-refractivity contribution in [3.05, 3.63) is 0 Å². The van der Waals surface area contributed by atoms with Crippen molar-refractivity contribution < 1.29 is 4.79 Å². The van der Waals surface area contributed by atoms with Crippen LogP contribution in [0, 0.1) is 0 Å². The maximum absolute atomic E-state index is 10.7. The Labute approximate surface area is 149 Å². The normalized spacial score (nSPS) is 21.4. The van der Waals surface area contributed by atoms with E-state index in [1.165, 1.54) is 65.0 Å². The predicted molar refractivity (Wildman–Crippen MR) is 103 cm³/mol. The van der Waals surface area contributed by atoms with Gasteiger partial charge in [0.05, 0.1) is 0 Å². The number of nitrogens with one attached hydrogen (secondary N) is 1. The fourth-order valence-electron chi connectivity index (χ4n) is 3.46. The molecule has 142 valence electrons. The third-order valence-corrected chi connectivity index (χ3v) is 4.76. The first-order chi connectivity index (χ1) is 11.8. The van der Waals surface area contributed by atoms with Gasteiger partial charge in [-0.05, 0) is 65.0 Å². The molecule has 0 spiro atoms. The second-order valence-electron chi connectivity index (χ2n) is 6.94. The zero-order valence-corrected chi connectivity index (χ0v) is 16.1. The van der Waals surface area contributed by atoms with Crippen molar-refractivity contribution in [3.8, 4) is 0 Å². The largest absolute Gasteiger partial charge is 0.315 e. The van der Waals surface area contributed by atoms with Crippen LogP contribution in [0.15, 0.2) is 0 Å². The Hall–Kier alpha value is -0.490. The van der Waals surface area contributed by atoms with Gasteiger partial charge in [0.25, 0.3) is 0 Å². The van der Waals surface area contributed by atoms with E-state index in [0.29, 0.717) is 6.42 Å². The van der Waals surface area contributed by atoms with Crippen molar-refractivity contribution in [1.82, 2.24) is 20.0 Å². The summed E-state index contributed by atoms with van der Waals surface area (Å²) in [6, 6.07) is 0. The highest BCUT2D eigenvalue weighted by Crippen LogP contribution is 2.01. The standard InChI is InChI=1S/C19H40N4O/c1-3-10-21-12-5-8-20-9-16-23(15-7-19-24)14-6-13-22(11-4-2)18-17-21/h19-20H,3-18H2,1-2H3. The average molecular weight is 341 g/mol. The molecular formula is C19H40N4O. The van der Waals surface area contributed by atoms with Gasteiger partial charge in [-0.3, -0.25) is 0 Å². The maximum Gasteiger partial charge on any atom is 0.121 e. The van der Waals surface area contributed by atoms with Crippen LogP contribution in [0.4, 0.5) is 0 Å². The van der Waals surface area contributed by atoms with Crippen molar-refractivity contribution in [2.24, 2.45) is 0 Å². The van der Waals surface area contributed by atoms with E-state index >= 15 is 0 Å². The van der Waals surface area contributed by atoms with Gasteiger partial charge in [0.15, 0.2) is 0 Å². The zero-order chi connectivity index (χ0) is 17.5. The van der Waals surface area contributed by atoms with Crippen LogP contribution in [0.2, 0.25) is 0 Å². The molecule has 0 aromatic heterocycles. The Bertz CT molecular complexity index is 301. The highest BCUT2D eigenvalue weighted by atomic mass is 16.1. The molecule has 0 unspecified atom stereocenters. The first-order valence-corrected chi connectivity index (χ1v) is 10.1. The van der Waals surface area contributed by atoms with Crippen molar-refractivity contribution in [2.75, 3.05) is 72.0 Å². The minimum Gasteiger partial charge on any atom is -0.315 e. The summed E-state index contributed by atoms with van der Waals surface area (Å²) in [6.45, 7) is 16.9. The van der Waals surface area contributed by atoms with Crippen LogP contribution in [0.1, 0.15) is 46.0 Å². The van der Waals surface area contributed by atoms with Gasteiger partial charge in [0.2, 0.25) is 0 Å². The van der Waals surface area contributed by atoms with Crippen LogP contribution >= 0.6 is 0 Å². The molecule has 1 rings (SSSR count). The summed E-state index contributed by atoms with van der Waals surface area (Å²) in [5.41, 5.74) is 0. The molecule has 1 N–H and O–H groups in total. The monoisotopic (exact) mass is 340 g/mol. The van der Waals surface area contributed by atoms with E-state index in [1.807, 2.05) is 0 Å². The Morgan fingerprint density at radius 1 is 0.750 bits per heavy atom. The van der Waals surface area contributed by atoms with Crippen LogP contribution in [0.3, 0.4) is 0 Å². The SMILES string of the molecule is CCCN1CCCNCCN(CCC=O)CCCN(CCC)CC1. The number of hydrogen-bond acceptors (Lipinski definition) is 5. The smallest absolute Gasteiger partial charge is 0.121 e. The quantitative estimate of drug-likeness (QED) is 0.714. The van der Waals surface area contributed by atoms with Crippen molar-refractivity contribution in [3.63, 3.8) is 0 Å². The van der Waals surface area contributed by atoms with E-state index in [0.717, 1.165) is 39.0 Å². The maximum atomic E-state index is 10.7. The molecule has 24 heavy (non-hydrogen) atoms. The van der Waals surface area contributed by atoms with E-state index in [2.05, 4.69) is 33.9 Å². The molecule has 1 saturated heterocycles. The van der Waals surface area contributed by atoms with Crippen molar-refractivity contribution in [1.29, 1.82) is 0 Å². The molecule has 5 heteroatoms. The molecule has 1 aliphatic rings. The molecule has 0 aliphatic carbocycles. The van der Waals surface area contributed by atoms with Crippen molar-refractivity contribution in [2.45, 2.75) is 46.0 Å². The molecule has 0 radical (unpaired) electrons. The lowest BCUT2D eigenvalue weighted by molar-refractivity contribution is -0.108. The zero-order valence-electron chi connectivity index (χ0n) is 16.1. The highest BCUT2D eigenvalue weighted by molar-refractivity contribution is 5.49. The summed E-state index contributed by atoms with van der Waals surface area (Å²) in [5.74, 6) is 0. The summed E-state index contributed by atoms with van der Waals surface area (Å²) in [6.07, 6.45) is 6.60. The fourth-order valence-corrected chi connectivity index (χ4v) is 3.46. The van der Waals surface area contributed by atoms with Gasteiger partial charge in [-0.1, -0.05) is 13.8 Å². The summed E-state index contributed by atoms with van der Waals surface area (Å²) >= 11 is 0.